The maximum absolute atomic E-state index is 13.2. The van der Waals surface area contributed by atoms with E-state index in [2.05, 4.69) is 74.4 Å². The Morgan fingerprint density at radius 1 is 0.812 bits per heavy atom. The van der Waals surface area contributed by atoms with Crippen LogP contribution in [0.5, 0.6) is 11.5 Å². The number of esters is 1. The highest BCUT2D eigenvalue weighted by molar-refractivity contribution is 5.92. The fourth-order valence-electron chi connectivity index (χ4n) is 3.97. The Morgan fingerprint density at radius 2 is 1.28 bits per heavy atom. The van der Waals surface area contributed by atoms with Crippen molar-refractivity contribution in [1.82, 2.24) is 0 Å². The van der Waals surface area contributed by atoms with E-state index in [0.29, 0.717) is 34.8 Å². The van der Waals surface area contributed by atoms with Crippen molar-refractivity contribution in [2.45, 2.75) is 87.0 Å². The molecule has 0 fully saturated rings. The molecule has 32 heavy (non-hydrogen) atoms. The van der Waals surface area contributed by atoms with Gasteiger partial charge >= 0.3 is 5.97 Å². The number of hydrogen-bond donors (Lipinski definition) is 1. The zero-order chi connectivity index (χ0) is 24.2. The molecule has 0 amide bonds. The predicted molar refractivity (Wildman–Crippen MR) is 134 cm³/mol. The lowest BCUT2D eigenvalue weighted by Gasteiger charge is -2.22. The van der Waals surface area contributed by atoms with Crippen LogP contribution in [0.1, 0.15) is 94.9 Å². The predicted octanol–water partition coefficient (Wildman–Crippen LogP) is 7.50. The molecular weight excluding hydrogens is 396 g/mol. The number of rotatable bonds is 8. The lowest BCUT2D eigenvalue weighted by atomic mass is 9.85. The molecule has 0 atom stereocenters. The van der Waals surface area contributed by atoms with Gasteiger partial charge in [-0.25, -0.2) is 4.79 Å². The van der Waals surface area contributed by atoms with Gasteiger partial charge in [0.2, 0.25) is 0 Å². The smallest absolute Gasteiger partial charge is 0.343 e. The molecule has 0 saturated carbocycles. The minimum atomic E-state index is -0.367. The van der Waals surface area contributed by atoms with Gasteiger partial charge in [0.15, 0.2) is 0 Å². The number of carbonyl (C=O) groups excluding carboxylic acids is 1. The largest absolute Gasteiger partial charge is 0.507 e. The van der Waals surface area contributed by atoms with Gasteiger partial charge in [-0.2, -0.15) is 0 Å². The number of carbonyl (C=O) groups is 1. The summed E-state index contributed by atoms with van der Waals surface area (Å²) in [4.78, 5) is 13.2. The van der Waals surface area contributed by atoms with E-state index in [1.54, 1.807) is 12.1 Å². The number of benzene rings is 2. The van der Waals surface area contributed by atoms with Crippen LogP contribution >= 0.6 is 0 Å². The topological polar surface area (TPSA) is 46.5 Å². The summed E-state index contributed by atoms with van der Waals surface area (Å²) < 4.78 is 5.94. The minimum absolute atomic E-state index is 0.0305. The van der Waals surface area contributed by atoms with Crippen molar-refractivity contribution in [3.05, 3.63) is 58.1 Å². The Kier molecular flexibility index (Phi) is 8.56. The van der Waals surface area contributed by atoms with Crippen LogP contribution in [-0.4, -0.2) is 11.1 Å². The van der Waals surface area contributed by atoms with Crippen LogP contribution in [0.3, 0.4) is 0 Å². The number of hydrogen-bond acceptors (Lipinski definition) is 3. The third-order valence-corrected chi connectivity index (χ3v) is 5.52. The lowest BCUT2D eigenvalue weighted by Crippen LogP contribution is -2.15. The Balaban J connectivity index is 2.45. The van der Waals surface area contributed by atoms with Crippen molar-refractivity contribution >= 4 is 5.97 Å². The van der Waals surface area contributed by atoms with E-state index in [0.717, 1.165) is 36.0 Å². The summed E-state index contributed by atoms with van der Waals surface area (Å²) in [5, 5.41) is 10.8. The molecule has 0 aliphatic carbocycles. The third-order valence-electron chi connectivity index (χ3n) is 5.52. The van der Waals surface area contributed by atoms with Crippen molar-refractivity contribution in [2.24, 2.45) is 17.8 Å². The monoisotopic (exact) mass is 438 g/mol. The van der Waals surface area contributed by atoms with Crippen LogP contribution in [0.25, 0.3) is 0 Å². The van der Waals surface area contributed by atoms with Gasteiger partial charge in [-0.3, -0.25) is 0 Å². The van der Waals surface area contributed by atoms with Crippen molar-refractivity contribution in [3.8, 4) is 11.5 Å². The highest BCUT2D eigenvalue weighted by atomic mass is 16.5. The molecule has 0 aliphatic rings. The molecule has 176 valence electrons. The third kappa shape index (κ3) is 7.12. The van der Waals surface area contributed by atoms with E-state index in [1.807, 2.05) is 6.07 Å². The van der Waals surface area contributed by atoms with Gasteiger partial charge in [0.25, 0.3) is 0 Å². The summed E-state index contributed by atoms with van der Waals surface area (Å²) in [6.45, 7) is 19.4. The maximum Gasteiger partial charge on any atom is 0.343 e. The van der Waals surface area contributed by atoms with E-state index in [9.17, 15) is 9.90 Å². The minimum Gasteiger partial charge on any atom is -0.507 e. The van der Waals surface area contributed by atoms with Gasteiger partial charge in [-0.1, -0.05) is 74.4 Å². The SMILES string of the molecule is CC(C)Cc1cc(C(C)(C)C)ccc1OC(=O)c1cc(CC(C)C)c(O)c(CC(C)C)c1. The maximum atomic E-state index is 13.2. The Labute approximate surface area is 195 Å². The first-order valence-electron chi connectivity index (χ1n) is 12.0. The Hall–Kier alpha value is -2.29. The zero-order valence-electron chi connectivity index (χ0n) is 21.5. The highest BCUT2D eigenvalue weighted by Crippen LogP contribution is 2.32. The molecular formula is C29H42O3. The average molecular weight is 439 g/mol. The first-order chi connectivity index (χ1) is 14.8. The van der Waals surface area contributed by atoms with E-state index in [4.69, 9.17) is 4.74 Å². The second kappa shape index (κ2) is 10.6. The fraction of sp³-hybridized carbons (Fsp3) is 0.552. The molecule has 2 aromatic rings. The van der Waals surface area contributed by atoms with Gasteiger partial charge in [0.1, 0.15) is 11.5 Å². The van der Waals surface area contributed by atoms with E-state index in [-0.39, 0.29) is 11.4 Å². The molecule has 0 heterocycles. The van der Waals surface area contributed by atoms with Gasteiger partial charge in [-0.05, 0) is 82.9 Å². The molecule has 0 saturated heterocycles. The Bertz CT molecular complexity index is 899. The zero-order valence-corrected chi connectivity index (χ0v) is 21.5. The molecule has 1 N–H and O–H groups in total. The normalized spacial score (nSPS) is 12.1. The lowest BCUT2D eigenvalue weighted by molar-refractivity contribution is 0.0732. The first kappa shape index (κ1) is 26.0. The van der Waals surface area contributed by atoms with Gasteiger partial charge in [-0.15, -0.1) is 0 Å². The van der Waals surface area contributed by atoms with Gasteiger partial charge in [0, 0.05) is 0 Å². The summed E-state index contributed by atoms with van der Waals surface area (Å²) in [7, 11) is 0. The molecule has 0 spiro atoms. The number of phenolic OH excluding ortho intramolecular Hbond substituents is 1. The van der Waals surface area contributed by atoms with Crippen molar-refractivity contribution in [1.29, 1.82) is 0 Å². The molecule has 2 aromatic carbocycles. The average Bonchev–Trinajstić information content (AvgIpc) is 2.64. The standard InChI is InChI=1S/C29H42O3/c1-18(2)12-21-17-25(29(7,8)9)10-11-26(21)32-28(31)24-15-22(13-19(3)4)27(30)23(16-24)14-20(5)6/h10-11,15-20,30H,12-14H2,1-9H3. The van der Waals surface area contributed by atoms with Crippen molar-refractivity contribution < 1.29 is 14.6 Å². The summed E-state index contributed by atoms with van der Waals surface area (Å²) in [5.74, 6) is 1.78. The summed E-state index contributed by atoms with van der Waals surface area (Å²) in [5.41, 5.74) is 4.46. The first-order valence-corrected chi connectivity index (χ1v) is 12.0. The summed E-state index contributed by atoms with van der Waals surface area (Å²) in [6.07, 6.45) is 2.28. The van der Waals surface area contributed by atoms with Crippen molar-refractivity contribution in [2.75, 3.05) is 0 Å². The van der Waals surface area contributed by atoms with E-state index in [1.165, 1.54) is 5.56 Å². The molecule has 0 bridgehead atoms. The molecule has 0 aromatic heterocycles. The molecule has 0 unspecified atom stereocenters. The van der Waals surface area contributed by atoms with Gasteiger partial charge in [0.05, 0.1) is 5.56 Å². The molecule has 3 heteroatoms. The molecule has 0 radical (unpaired) electrons. The number of ether oxygens (including phenoxy) is 1. The summed E-state index contributed by atoms with van der Waals surface area (Å²) in [6, 6.07) is 9.76. The Morgan fingerprint density at radius 3 is 1.72 bits per heavy atom. The van der Waals surface area contributed by atoms with E-state index < -0.39 is 0 Å². The number of phenols is 1. The van der Waals surface area contributed by atoms with E-state index >= 15 is 0 Å². The molecule has 3 nitrogen and oxygen atoms in total. The van der Waals surface area contributed by atoms with Crippen LogP contribution in [0, 0.1) is 17.8 Å². The van der Waals surface area contributed by atoms with Crippen LogP contribution < -0.4 is 4.74 Å². The number of aromatic hydroxyl groups is 1. The van der Waals surface area contributed by atoms with Crippen LogP contribution in [0.2, 0.25) is 0 Å². The van der Waals surface area contributed by atoms with Gasteiger partial charge < -0.3 is 9.84 Å². The second-order valence-electron chi connectivity index (χ2n) is 11.4. The second-order valence-corrected chi connectivity index (χ2v) is 11.4. The molecule has 2 rings (SSSR count). The summed E-state index contributed by atoms with van der Waals surface area (Å²) >= 11 is 0. The van der Waals surface area contributed by atoms with Crippen molar-refractivity contribution in [3.63, 3.8) is 0 Å². The van der Waals surface area contributed by atoms with Crippen LogP contribution in [0.4, 0.5) is 0 Å². The highest BCUT2D eigenvalue weighted by Gasteiger charge is 2.21. The fourth-order valence-corrected chi connectivity index (χ4v) is 3.97. The van der Waals surface area contributed by atoms with Crippen LogP contribution in [0.15, 0.2) is 30.3 Å². The quantitative estimate of drug-likeness (QED) is 0.343. The van der Waals surface area contributed by atoms with Crippen LogP contribution in [-0.2, 0) is 24.7 Å². The molecule has 0 aliphatic heterocycles.